The summed E-state index contributed by atoms with van der Waals surface area (Å²) >= 11 is 0. The van der Waals surface area contributed by atoms with Crippen molar-refractivity contribution >= 4 is 5.78 Å². The van der Waals surface area contributed by atoms with Crippen LogP contribution >= 0.6 is 0 Å². The number of nitrogens with one attached hydrogen (secondary N) is 1. The molecule has 0 aromatic heterocycles. The van der Waals surface area contributed by atoms with E-state index in [1.54, 1.807) is 0 Å². The molecule has 0 heterocycles. The summed E-state index contributed by atoms with van der Waals surface area (Å²) in [6, 6.07) is 0. The molecule has 2 atom stereocenters. The van der Waals surface area contributed by atoms with Gasteiger partial charge in [0.2, 0.25) is 0 Å². The maximum atomic E-state index is 12.1. The highest BCUT2D eigenvalue weighted by Gasteiger charge is 2.54. The number of hydrogen-bond acceptors (Lipinski definition) is 2. The van der Waals surface area contributed by atoms with Crippen molar-refractivity contribution in [1.82, 2.24) is 5.32 Å². The Bertz CT molecular complexity index is 430. The lowest BCUT2D eigenvalue weighted by Gasteiger charge is -2.56. The Morgan fingerprint density at radius 2 is 2.00 bits per heavy atom. The minimum Gasteiger partial charge on any atom is -0.307 e. The van der Waals surface area contributed by atoms with Crippen LogP contribution in [0.4, 0.5) is 0 Å². The second-order valence-electron chi connectivity index (χ2n) is 6.84. The molecule has 0 amide bonds. The van der Waals surface area contributed by atoms with E-state index in [0.717, 1.165) is 31.7 Å². The number of rotatable bonds is 3. The number of carbonyl (C=O) groups excluding carboxylic acids is 1. The van der Waals surface area contributed by atoms with Crippen LogP contribution in [0.15, 0.2) is 23.8 Å². The summed E-state index contributed by atoms with van der Waals surface area (Å²) in [5.74, 6) is 2.19. The number of ketones is 1. The van der Waals surface area contributed by atoms with E-state index in [0.29, 0.717) is 23.2 Å². The van der Waals surface area contributed by atoms with E-state index in [1.807, 2.05) is 0 Å². The molecule has 18 heavy (non-hydrogen) atoms. The number of hydrogen-bond donors (Lipinski definition) is 1. The summed E-state index contributed by atoms with van der Waals surface area (Å²) in [6.45, 7) is 1.02. The minimum atomic E-state index is 0.299. The van der Waals surface area contributed by atoms with Gasteiger partial charge in [-0.2, -0.15) is 0 Å². The quantitative estimate of drug-likeness (QED) is 0.825. The fourth-order valence-corrected chi connectivity index (χ4v) is 4.89. The van der Waals surface area contributed by atoms with Gasteiger partial charge >= 0.3 is 0 Å². The Morgan fingerprint density at radius 3 is 2.67 bits per heavy atom. The van der Waals surface area contributed by atoms with Gasteiger partial charge in [-0.3, -0.25) is 4.79 Å². The predicted octanol–water partition coefficient (Wildman–Crippen LogP) is 2.61. The highest BCUT2D eigenvalue weighted by molar-refractivity contribution is 5.86. The van der Waals surface area contributed by atoms with Gasteiger partial charge < -0.3 is 5.32 Å². The maximum Gasteiger partial charge on any atom is 0.139 e. The van der Waals surface area contributed by atoms with Crippen LogP contribution in [-0.2, 0) is 4.79 Å². The van der Waals surface area contributed by atoms with Crippen molar-refractivity contribution in [2.45, 2.75) is 44.1 Å². The monoisotopic (exact) mass is 243 g/mol. The van der Waals surface area contributed by atoms with Crippen molar-refractivity contribution in [2.24, 2.45) is 17.8 Å². The largest absolute Gasteiger partial charge is 0.307 e. The zero-order chi connectivity index (χ0) is 12.2. The molecule has 0 aromatic rings. The van der Waals surface area contributed by atoms with Gasteiger partial charge in [0.15, 0.2) is 0 Å². The van der Waals surface area contributed by atoms with Crippen LogP contribution < -0.4 is 5.32 Å². The fourth-order valence-electron chi connectivity index (χ4n) is 4.89. The topological polar surface area (TPSA) is 29.1 Å². The zero-order valence-electron chi connectivity index (χ0n) is 10.8. The zero-order valence-corrected chi connectivity index (χ0v) is 10.8. The normalized spacial score (nSPS) is 44.8. The van der Waals surface area contributed by atoms with Crippen LogP contribution in [0.3, 0.4) is 0 Å². The molecule has 0 radical (unpaired) electrons. The Balaban J connectivity index is 1.49. The van der Waals surface area contributed by atoms with E-state index in [1.165, 1.54) is 24.8 Å². The SMILES string of the molecule is O=C1C2CC3CC1CC(NCC1=CC=CC1)(C3)C2. The molecule has 5 rings (SSSR count). The van der Waals surface area contributed by atoms with Crippen LogP contribution in [0.1, 0.15) is 38.5 Å². The molecule has 5 aliphatic carbocycles. The third kappa shape index (κ3) is 1.62. The van der Waals surface area contributed by atoms with E-state index in [2.05, 4.69) is 23.5 Å². The molecular formula is C16H21NO. The average molecular weight is 243 g/mol. The van der Waals surface area contributed by atoms with Crippen LogP contribution in [0.25, 0.3) is 0 Å². The van der Waals surface area contributed by atoms with Gasteiger partial charge in [-0.05, 0) is 44.4 Å². The van der Waals surface area contributed by atoms with Gasteiger partial charge in [-0.1, -0.05) is 23.8 Å². The number of allylic oxidation sites excluding steroid dienone is 3. The summed E-state index contributed by atoms with van der Waals surface area (Å²) in [6.07, 6.45) is 13.6. The predicted molar refractivity (Wildman–Crippen MR) is 71.1 cm³/mol. The van der Waals surface area contributed by atoms with E-state index < -0.39 is 0 Å². The molecule has 0 spiro atoms. The van der Waals surface area contributed by atoms with Crippen molar-refractivity contribution in [2.75, 3.05) is 6.54 Å². The Labute approximate surface area is 109 Å². The number of Topliss-reactive ketones (excluding diaryl/α,β-unsaturated/α-hetero) is 1. The molecule has 4 fully saturated rings. The molecule has 2 unspecified atom stereocenters. The summed E-state index contributed by atoms with van der Waals surface area (Å²) in [4.78, 5) is 12.1. The molecule has 4 bridgehead atoms. The smallest absolute Gasteiger partial charge is 0.139 e. The van der Waals surface area contributed by atoms with Crippen molar-refractivity contribution in [3.05, 3.63) is 23.8 Å². The standard InChI is InChI=1S/C16H21NO/c18-15-13-5-12-6-14(15)9-16(7-12,8-13)17-10-11-3-1-2-4-11/h1-3,12-14,17H,4-10H2. The van der Waals surface area contributed by atoms with Crippen LogP contribution in [-0.4, -0.2) is 17.9 Å². The van der Waals surface area contributed by atoms with E-state index in [4.69, 9.17) is 0 Å². The fraction of sp³-hybridized carbons (Fsp3) is 0.688. The first kappa shape index (κ1) is 11.0. The van der Waals surface area contributed by atoms with Crippen molar-refractivity contribution in [3.8, 4) is 0 Å². The van der Waals surface area contributed by atoms with Crippen LogP contribution in [0.2, 0.25) is 0 Å². The Morgan fingerprint density at radius 1 is 1.22 bits per heavy atom. The maximum absolute atomic E-state index is 12.1. The lowest BCUT2D eigenvalue weighted by atomic mass is 9.52. The summed E-state index contributed by atoms with van der Waals surface area (Å²) < 4.78 is 0. The van der Waals surface area contributed by atoms with Gasteiger partial charge in [0.05, 0.1) is 0 Å². The number of carbonyl (C=O) groups is 1. The van der Waals surface area contributed by atoms with Gasteiger partial charge in [-0.15, -0.1) is 0 Å². The molecule has 0 aromatic carbocycles. The van der Waals surface area contributed by atoms with Crippen molar-refractivity contribution in [1.29, 1.82) is 0 Å². The first-order valence-electron chi connectivity index (χ1n) is 7.37. The van der Waals surface area contributed by atoms with Crippen molar-refractivity contribution in [3.63, 3.8) is 0 Å². The molecule has 1 N–H and O–H groups in total. The average Bonchev–Trinajstić information content (AvgIpc) is 2.86. The second kappa shape index (κ2) is 3.80. The Hall–Kier alpha value is -0.890. The first-order chi connectivity index (χ1) is 8.74. The lowest BCUT2D eigenvalue weighted by molar-refractivity contribution is -0.142. The van der Waals surface area contributed by atoms with Crippen molar-refractivity contribution < 1.29 is 4.79 Å². The van der Waals surface area contributed by atoms with E-state index >= 15 is 0 Å². The highest BCUT2D eigenvalue weighted by atomic mass is 16.1. The van der Waals surface area contributed by atoms with Gasteiger partial charge in [0.1, 0.15) is 5.78 Å². The summed E-state index contributed by atoms with van der Waals surface area (Å²) in [5.41, 5.74) is 1.80. The molecule has 2 heteroatoms. The van der Waals surface area contributed by atoms with Gasteiger partial charge in [0, 0.05) is 23.9 Å². The van der Waals surface area contributed by atoms with Crippen LogP contribution in [0, 0.1) is 17.8 Å². The minimum absolute atomic E-state index is 0.299. The lowest BCUT2D eigenvalue weighted by Crippen LogP contribution is -2.61. The molecule has 5 aliphatic rings. The third-order valence-electron chi connectivity index (χ3n) is 5.53. The van der Waals surface area contributed by atoms with E-state index in [-0.39, 0.29) is 0 Å². The second-order valence-corrected chi connectivity index (χ2v) is 6.84. The van der Waals surface area contributed by atoms with E-state index in [9.17, 15) is 4.79 Å². The summed E-state index contributed by atoms with van der Waals surface area (Å²) in [7, 11) is 0. The molecule has 4 saturated carbocycles. The molecule has 0 aliphatic heterocycles. The first-order valence-corrected chi connectivity index (χ1v) is 7.37. The molecule has 0 saturated heterocycles. The van der Waals surface area contributed by atoms with Gasteiger partial charge in [0.25, 0.3) is 0 Å². The highest BCUT2D eigenvalue weighted by Crippen LogP contribution is 2.53. The Kier molecular flexibility index (Phi) is 2.32. The third-order valence-corrected chi connectivity index (χ3v) is 5.53. The summed E-state index contributed by atoms with van der Waals surface area (Å²) in [5, 5.41) is 3.83. The molecular weight excluding hydrogens is 222 g/mol. The molecule has 96 valence electrons. The van der Waals surface area contributed by atoms with Crippen LogP contribution in [0.5, 0.6) is 0 Å². The molecule has 2 nitrogen and oxygen atoms in total. The van der Waals surface area contributed by atoms with Gasteiger partial charge in [-0.25, -0.2) is 0 Å².